The van der Waals surface area contributed by atoms with Crippen LogP contribution in [-0.2, 0) is 30.6 Å². The van der Waals surface area contributed by atoms with Crippen molar-refractivity contribution in [3.05, 3.63) is 78.0 Å². The van der Waals surface area contributed by atoms with Gasteiger partial charge in [0.05, 0.1) is 24.7 Å². The molecule has 2 aromatic heterocycles. The number of nitrogens with one attached hydrogen (secondary N) is 3. The minimum atomic E-state index is -4.49. The summed E-state index contributed by atoms with van der Waals surface area (Å²) < 4.78 is 41.6. The predicted molar refractivity (Wildman–Crippen MR) is 125 cm³/mol. The van der Waals surface area contributed by atoms with Crippen molar-refractivity contribution in [1.82, 2.24) is 30.8 Å². The summed E-state index contributed by atoms with van der Waals surface area (Å²) in [6, 6.07) is 6.58. The first-order valence-electron chi connectivity index (χ1n) is 11.3. The molecule has 3 aromatic rings. The van der Waals surface area contributed by atoms with Crippen LogP contribution in [0.1, 0.15) is 30.3 Å². The number of hydrogen-bond donors (Lipinski definition) is 3. The Labute approximate surface area is 205 Å². The second kappa shape index (κ2) is 11.2. The number of rotatable bonds is 9. The Hall–Kier alpha value is -3.93. The first-order chi connectivity index (χ1) is 17.4. The first kappa shape index (κ1) is 25.2. The van der Waals surface area contributed by atoms with Gasteiger partial charge in [-0.15, -0.1) is 5.10 Å². The van der Waals surface area contributed by atoms with Crippen molar-refractivity contribution in [3.63, 3.8) is 0 Å². The lowest BCUT2D eigenvalue weighted by Crippen LogP contribution is -2.42. The van der Waals surface area contributed by atoms with Crippen LogP contribution in [-0.4, -0.2) is 38.3 Å². The van der Waals surface area contributed by atoms with Gasteiger partial charge in [0.2, 0.25) is 11.7 Å². The summed E-state index contributed by atoms with van der Waals surface area (Å²) in [7, 11) is 0. The van der Waals surface area contributed by atoms with Gasteiger partial charge in [-0.05, 0) is 24.1 Å². The monoisotopic (exact) mass is 498 g/mol. The molecule has 4 rings (SSSR count). The Morgan fingerprint density at radius 2 is 2.03 bits per heavy atom. The van der Waals surface area contributed by atoms with Crippen LogP contribution >= 0.6 is 0 Å². The minimum absolute atomic E-state index is 0.00727. The SMILES string of the molecule is CCC[n+]1c(-c2ccncn2)n[nH]c1CNC1C=N[CH]C(C(=O)NCc2ccccc2C(F)(F)F)=C1. The highest BCUT2D eigenvalue weighted by molar-refractivity contribution is 5.97. The van der Waals surface area contributed by atoms with E-state index in [0.29, 0.717) is 18.1 Å². The Kier molecular flexibility index (Phi) is 7.84. The molecule has 1 atom stereocenters. The van der Waals surface area contributed by atoms with E-state index in [2.05, 4.69) is 42.7 Å². The highest BCUT2D eigenvalue weighted by atomic mass is 19.4. The van der Waals surface area contributed by atoms with E-state index in [0.717, 1.165) is 24.9 Å². The van der Waals surface area contributed by atoms with Crippen molar-refractivity contribution in [3.8, 4) is 11.5 Å². The molecule has 0 bridgehead atoms. The molecule has 1 radical (unpaired) electrons. The van der Waals surface area contributed by atoms with E-state index in [-0.39, 0.29) is 23.7 Å². The number of benzene rings is 1. The maximum atomic E-state index is 13.2. The second-order valence-corrected chi connectivity index (χ2v) is 8.03. The van der Waals surface area contributed by atoms with E-state index < -0.39 is 17.6 Å². The summed E-state index contributed by atoms with van der Waals surface area (Å²) in [6.07, 6.45) is 2.82. The van der Waals surface area contributed by atoms with Gasteiger partial charge in [-0.1, -0.05) is 31.2 Å². The second-order valence-electron chi connectivity index (χ2n) is 8.03. The number of nitrogens with zero attached hydrogens (tertiary/aromatic N) is 5. The fourth-order valence-electron chi connectivity index (χ4n) is 3.77. The highest BCUT2D eigenvalue weighted by Crippen LogP contribution is 2.31. The fraction of sp³-hybridized carbons (Fsp3) is 0.292. The zero-order valence-corrected chi connectivity index (χ0v) is 19.5. The maximum Gasteiger partial charge on any atom is 0.416 e. The van der Waals surface area contributed by atoms with E-state index in [4.69, 9.17) is 0 Å². The average Bonchev–Trinajstić information content (AvgIpc) is 3.29. The molecule has 1 aromatic carbocycles. The van der Waals surface area contributed by atoms with Gasteiger partial charge in [0.15, 0.2) is 0 Å². The smallest absolute Gasteiger partial charge is 0.348 e. The molecule has 1 aliphatic rings. The Morgan fingerprint density at radius 3 is 2.78 bits per heavy atom. The molecule has 0 fully saturated rings. The van der Waals surface area contributed by atoms with Gasteiger partial charge >= 0.3 is 12.0 Å². The Bertz CT molecular complexity index is 1250. The molecule has 0 saturated carbocycles. The van der Waals surface area contributed by atoms with Gasteiger partial charge in [0.25, 0.3) is 0 Å². The summed E-state index contributed by atoms with van der Waals surface area (Å²) in [4.78, 5) is 25.0. The van der Waals surface area contributed by atoms with Gasteiger partial charge < -0.3 is 5.32 Å². The largest absolute Gasteiger partial charge is 0.416 e. The zero-order chi connectivity index (χ0) is 25.5. The number of dihydropyridines is 1. The molecule has 187 valence electrons. The van der Waals surface area contributed by atoms with Crippen molar-refractivity contribution in [2.24, 2.45) is 4.99 Å². The van der Waals surface area contributed by atoms with Crippen LogP contribution in [0.25, 0.3) is 11.5 Å². The minimum Gasteiger partial charge on any atom is -0.348 e. The summed E-state index contributed by atoms with van der Waals surface area (Å²) >= 11 is 0. The molecule has 3 N–H and O–H groups in total. The number of alkyl halides is 3. The lowest BCUT2D eigenvalue weighted by Gasteiger charge is -2.17. The van der Waals surface area contributed by atoms with Crippen LogP contribution in [0.3, 0.4) is 0 Å². The van der Waals surface area contributed by atoms with Gasteiger partial charge in [-0.3, -0.25) is 15.1 Å². The number of hydrogen-bond acceptors (Lipinski definition) is 6. The number of H-pyrrole nitrogens is 1. The quantitative estimate of drug-likeness (QED) is 0.393. The Balaban J connectivity index is 1.40. The van der Waals surface area contributed by atoms with Crippen molar-refractivity contribution in [2.45, 2.75) is 45.2 Å². The third-order valence-corrected chi connectivity index (χ3v) is 5.48. The summed E-state index contributed by atoms with van der Waals surface area (Å²) in [5.74, 6) is 0.997. The van der Waals surface area contributed by atoms with Gasteiger partial charge in [-0.25, -0.2) is 14.5 Å². The van der Waals surface area contributed by atoms with Crippen LogP contribution in [0, 0.1) is 6.54 Å². The van der Waals surface area contributed by atoms with Crippen LogP contribution in [0.2, 0.25) is 0 Å². The Morgan fingerprint density at radius 1 is 1.19 bits per heavy atom. The summed E-state index contributed by atoms with van der Waals surface area (Å²) in [5, 5.41) is 13.3. The molecular weight excluding hydrogens is 473 g/mol. The number of amides is 1. The predicted octanol–water partition coefficient (Wildman–Crippen LogP) is 2.53. The van der Waals surface area contributed by atoms with Gasteiger partial charge in [-0.2, -0.15) is 13.2 Å². The molecule has 36 heavy (non-hydrogen) atoms. The molecular formula is C24H25F3N8O+. The molecule has 9 nitrogen and oxygen atoms in total. The van der Waals surface area contributed by atoms with Crippen LogP contribution in [0.5, 0.6) is 0 Å². The molecule has 12 heteroatoms. The zero-order valence-electron chi connectivity index (χ0n) is 19.5. The number of halogens is 3. The van der Waals surface area contributed by atoms with E-state index in [1.54, 1.807) is 24.6 Å². The lowest BCUT2D eigenvalue weighted by atomic mass is 10.1. The molecule has 1 aliphatic heterocycles. The highest BCUT2D eigenvalue weighted by Gasteiger charge is 2.33. The molecule has 3 heterocycles. The number of carbonyl (C=O) groups is 1. The van der Waals surface area contributed by atoms with Crippen LogP contribution in [0.15, 0.2) is 59.5 Å². The number of aromatic amines is 1. The van der Waals surface area contributed by atoms with Crippen molar-refractivity contribution in [2.75, 3.05) is 0 Å². The third kappa shape index (κ3) is 6.00. The topological polar surface area (TPSA) is 112 Å². The summed E-state index contributed by atoms with van der Waals surface area (Å²) in [6.45, 7) is 4.31. The normalized spacial score (nSPS) is 15.6. The number of aromatic nitrogens is 5. The van der Waals surface area contributed by atoms with E-state index in [1.165, 1.54) is 31.1 Å². The maximum absolute atomic E-state index is 13.2. The standard InChI is InChI=1S/C24H24F3N8O/c1-2-9-35-21(33-34-22(35)20-7-8-28-15-32-20)14-30-18-10-17(11-29-13-18)23(36)31-12-16-5-3-4-6-19(16)24(25,26)27/h3-8,10-11,13,15,18,30H,2,9,12,14H2,1H3,(H,31,36)/p+1. The lowest BCUT2D eigenvalue weighted by molar-refractivity contribution is -0.694. The fourth-order valence-corrected chi connectivity index (χ4v) is 3.77. The summed E-state index contributed by atoms with van der Waals surface area (Å²) in [5.41, 5.74) is 0.172. The third-order valence-electron chi connectivity index (χ3n) is 5.48. The van der Waals surface area contributed by atoms with E-state index in [9.17, 15) is 18.0 Å². The first-order valence-corrected chi connectivity index (χ1v) is 11.3. The van der Waals surface area contributed by atoms with E-state index in [1.807, 2.05) is 4.57 Å². The van der Waals surface area contributed by atoms with Crippen molar-refractivity contribution in [1.29, 1.82) is 0 Å². The molecule has 1 amide bonds. The average molecular weight is 499 g/mol. The van der Waals surface area contributed by atoms with Gasteiger partial charge in [0, 0.05) is 29.6 Å². The number of aliphatic imine (C=N–C) groups is 1. The van der Waals surface area contributed by atoms with Crippen molar-refractivity contribution < 1.29 is 22.5 Å². The number of carbonyl (C=O) groups excluding carboxylic acids is 1. The van der Waals surface area contributed by atoms with Crippen LogP contribution < -0.4 is 15.2 Å². The van der Waals surface area contributed by atoms with Crippen LogP contribution in [0.4, 0.5) is 13.2 Å². The molecule has 0 saturated heterocycles. The van der Waals surface area contributed by atoms with E-state index >= 15 is 0 Å². The molecule has 1 unspecified atom stereocenters. The molecule has 0 aliphatic carbocycles. The van der Waals surface area contributed by atoms with Gasteiger partial charge in [0.1, 0.15) is 18.6 Å². The van der Waals surface area contributed by atoms with Crippen molar-refractivity contribution >= 4 is 12.1 Å². The molecule has 0 spiro atoms.